The summed E-state index contributed by atoms with van der Waals surface area (Å²) in [6.07, 6.45) is 1.52. The number of nitrogens with one attached hydrogen (secondary N) is 1. The van der Waals surface area contributed by atoms with Crippen LogP contribution in [-0.4, -0.2) is 54.3 Å². The van der Waals surface area contributed by atoms with Crippen molar-refractivity contribution >= 4 is 11.8 Å². The number of rotatable bonds is 6. The topological polar surface area (TPSA) is 65.8 Å². The molecule has 2 aromatic rings. The number of benzene rings is 1. The third-order valence-electron chi connectivity index (χ3n) is 4.66. The summed E-state index contributed by atoms with van der Waals surface area (Å²) in [5.41, 5.74) is 1.80. The molecular formula is C21H27N3O3. The van der Waals surface area contributed by atoms with Crippen LogP contribution in [0, 0.1) is 5.92 Å². The van der Waals surface area contributed by atoms with Crippen molar-refractivity contribution in [3.63, 3.8) is 0 Å². The molecule has 1 aromatic carbocycles. The highest BCUT2D eigenvalue weighted by Gasteiger charge is 2.23. The van der Waals surface area contributed by atoms with E-state index in [1.54, 1.807) is 12.1 Å². The van der Waals surface area contributed by atoms with E-state index >= 15 is 0 Å². The first-order valence-corrected chi connectivity index (χ1v) is 9.45. The quantitative estimate of drug-likeness (QED) is 0.850. The summed E-state index contributed by atoms with van der Waals surface area (Å²) >= 11 is 0. The van der Waals surface area contributed by atoms with Crippen molar-refractivity contribution in [1.82, 2.24) is 15.1 Å². The van der Waals surface area contributed by atoms with Crippen molar-refractivity contribution < 1.29 is 14.0 Å². The number of carbonyl (C=O) groups excluding carboxylic acids is 2. The number of hydrogen-bond acceptors (Lipinski definition) is 4. The highest BCUT2D eigenvalue weighted by molar-refractivity contribution is 5.94. The predicted molar refractivity (Wildman–Crippen MR) is 104 cm³/mol. The van der Waals surface area contributed by atoms with Crippen LogP contribution in [0.5, 0.6) is 0 Å². The molecule has 1 aromatic heterocycles. The molecule has 1 aliphatic rings. The van der Waals surface area contributed by atoms with Crippen molar-refractivity contribution in [2.75, 3.05) is 32.7 Å². The molecule has 2 amide bonds. The number of nitrogens with zero attached hydrogens (tertiary/aromatic N) is 2. The van der Waals surface area contributed by atoms with Gasteiger partial charge in [0.1, 0.15) is 0 Å². The first-order chi connectivity index (χ1) is 13.0. The maximum absolute atomic E-state index is 12.3. The zero-order valence-corrected chi connectivity index (χ0v) is 16.0. The van der Waals surface area contributed by atoms with Gasteiger partial charge in [0.2, 0.25) is 0 Å². The van der Waals surface area contributed by atoms with E-state index in [-0.39, 0.29) is 11.8 Å². The summed E-state index contributed by atoms with van der Waals surface area (Å²) in [5, 5.41) is 2.96. The molecule has 0 saturated carbocycles. The van der Waals surface area contributed by atoms with Crippen LogP contribution in [0.25, 0.3) is 0 Å². The first kappa shape index (κ1) is 19.2. The van der Waals surface area contributed by atoms with Gasteiger partial charge in [-0.05, 0) is 35.7 Å². The summed E-state index contributed by atoms with van der Waals surface area (Å²) < 4.78 is 5.20. The van der Waals surface area contributed by atoms with E-state index in [1.807, 2.05) is 29.2 Å². The van der Waals surface area contributed by atoms with Gasteiger partial charge in [0.15, 0.2) is 5.76 Å². The van der Waals surface area contributed by atoms with E-state index < -0.39 is 0 Å². The summed E-state index contributed by atoms with van der Waals surface area (Å²) in [5.74, 6) is 0.740. The predicted octanol–water partition coefficient (Wildman–Crippen LogP) is 2.62. The van der Waals surface area contributed by atoms with Gasteiger partial charge >= 0.3 is 0 Å². The normalized spacial score (nSPS) is 15.1. The van der Waals surface area contributed by atoms with Crippen LogP contribution in [0.2, 0.25) is 0 Å². The van der Waals surface area contributed by atoms with Crippen molar-refractivity contribution in [3.8, 4) is 0 Å². The van der Waals surface area contributed by atoms with Gasteiger partial charge in [-0.3, -0.25) is 14.5 Å². The van der Waals surface area contributed by atoms with Crippen LogP contribution in [0.15, 0.2) is 47.1 Å². The second-order valence-corrected chi connectivity index (χ2v) is 7.35. The largest absolute Gasteiger partial charge is 0.459 e. The fourth-order valence-electron chi connectivity index (χ4n) is 3.13. The average Bonchev–Trinajstić information content (AvgIpc) is 3.21. The van der Waals surface area contributed by atoms with Crippen LogP contribution in [0.4, 0.5) is 0 Å². The van der Waals surface area contributed by atoms with Gasteiger partial charge < -0.3 is 14.6 Å². The third kappa shape index (κ3) is 5.20. The molecule has 0 spiro atoms. The Balaban J connectivity index is 1.52. The van der Waals surface area contributed by atoms with Crippen LogP contribution in [-0.2, 0) is 6.54 Å². The zero-order valence-electron chi connectivity index (χ0n) is 16.0. The van der Waals surface area contributed by atoms with E-state index in [4.69, 9.17) is 4.42 Å². The highest BCUT2D eigenvalue weighted by atomic mass is 16.3. The smallest absolute Gasteiger partial charge is 0.289 e. The highest BCUT2D eigenvalue weighted by Crippen LogP contribution is 2.13. The van der Waals surface area contributed by atoms with Gasteiger partial charge in [-0.15, -0.1) is 0 Å². The summed E-state index contributed by atoms with van der Waals surface area (Å²) in [7, 11) is 0. The molecule has 0 atom stereocenters. The standard InChI is InChI=1S/C21H27N3O3/c1-16(2)14-22-20(25)18-6-3-5-17(13-18)15-23-8-10-24(11-9-23)21(26)19-7-4-12-27-19/h3-7,12-13,16H,8-11,14-15H2,1-2H3,(H,22,25). The van der Waals surface area contributed by atoms with Gasteiger partial charge in [0, 0.05) is 44.8 Å². The Hall–Kier alpha value is -2.60. The maximum Gasteiger partial charge on any atom is 0.289 e. The lowest BCUT2D eigenvalue weighted by Gasteiger charge is -2.34. The van der Waals surface area contributed by atoms with Gasteiger partial charge in [-0.25, -0.2) is 0 Å². The van der Waals surface area contributed by atoms with E-state index in [0.29, 0.717) is 36.9 Å². The number of amides is 2. The molecule has 1 aliphatic heterocycles. The second kappa shape index (κ2) is 8.86. The molecule has 0 unspecified atom stereocenters. The van der Waals surface area contributed by atoms with Crippen LogP contribution >= 0.6 is 0 Å². The Kier molecular flexibility index (Phi) is 6.29. The molecule has 1 saturated heterocycles. The lowest BCUT2D eigenvalue weighted by molar-refractivity contribution is 0.0597. The summed E-state index contributed by atoms with van der Waals surface area (Å²) in [6, 6.07) is 11.2. The van der Waals surface area contributed by atoms with Gasteiger partial charge in [0.05, 0.1) is 6.26 Å². The van der Waals surface area contributed by atoms with E-state index in [0.717, 1.165) is 25.2 Å². The van der Waals surface area contributed by atoms with Crippen LogP contribution in [0.3, 0.4) is 0 Å². The minimum Gasteiger partial charge on any atom is -0.459 e. The summed E-state index contributed by atoms with van der Waals surface area (Å²) in [6.45, 7) is 8.55. The number of piperazine rings is 1. The van der Waals surface area contributed by atoms with Crippen molar-refractivity contribution in [3.05, 3.63) is 59.5 Å². The van der Waals surface area contributed by atoms with Crippen molar-refractivity contribution in [1.29, 1.82) is 0 Å². The van der Waals surface area contributed by atoms with E-state index in [2.05, 4.69) is 24.1 Å². The molecule has 144 valence electrons. The lowest BCUT2D eigenvalue weighted by atomic mass is 10.1. The SMILES string of the molecule is CC(C)CNC(=O)c1cccc(CN2CCN(C(=O)c3ccco3)CC2)c1. The van der Waals surface area contributed by atoms with Crippen molar-refractivity contribution in [2.24, 2.45) is 5.92 Å². The van der Waals surface area contributed by atoms with E-state index in [9.17, 15) is 9.59 Å². The zero-order chi connectivity index (χ0) is 19.2. The fourth-order valence-corrected chi connectivity index (χ4v) is 3.13. The number of furan rings is 1. The fraction of sp³-hybridized carbons (Fsp3) is 0.429. The van der Waals surface area contributed by atoms with Crippen LogP contribution < -0.4 is 5.32 Å². The average molecular weight is 369 g/mol. The molecular weight excluding hydrogens is 342 g/mol. The minimum atomic E-state index is -0.0523. The Morgan fingerprint density at radius 1 is 1.11 bits per heavy atom. The molecule has 6 heteroatoms. The van der Waals surface area contributed by atoms with E-state index in [1.165, 1.54) is 6.26 Å². The minimum absolute atomic E-state index is 0.0283. The second-order valence-electron chi connectivity index (χ2n) is 7.35. The molecule has 0 aliphatic carbocycles. The molecule has 3 rings (SSSR count). The first-order valence-electron chi connectivity index (χ1n) is 9.45. The molecule has 0 bridgehead atoms. The van der Waals surface area contributed by atoms with Gasteiger partial charge in [-0.2, -0.15) is 0 Å². The Morgan fingerprint density at radius 3 is 2.56 bits per heavy atom. The summed E-state index contributed by atoms with van der Waals surface area (Å²) in [4.78, 5) is 28.7. The number of hydrogen-bond donors (Lipinski definition) is 1. The molecule has 0 radical (unpaired) electrons. The van der Waals surface area contributed by atoms with Crippen molar-refractivity contribution in [2.45, 2.75) is 20.4 Å². The monoisotopic (exact) mass is 369 g/mol. The Bertz CT molecular complexity index is 763. The van der Waals surface area contributed by atoms with Gasteiger partial charge in [0.25, 0.3) is 11.8 Å². The third-order valence-corrected chi connectivity index (χ3v) is 4.66. The van der Waals surface area contributed by atoms with Crippen LogP contribution in [0.1, 0.15) is 40.3 Å². The maximum atomic E-state index is 12.3. The molecule has 27 heavy (non-hydrogen) atoms. The molecule has 6 nitrogen and oxygen atoms in total. The van der Waals surface area contributed by atoms with Gasteiger partial charge in [-0.1, -0.05) is 26.0 Å². The lowest BCUT2D eigenvalue weighted by Crippen LogP contribution is -2.48. The Labute approximate surface area is 160 Å². The molecule has 1 fully saturated rings. The molecule has 2 heterocycles. The molecule has 1 N–H and O–H groups in total. The number of carbonyl (C=O) groups is 2. The Morgan fingerprint density at radius 2 is 1.89 bits per heavy atom.